The molecule has 5 heteroatoms. The number of nitrogens with one attached hydrogen (secondary N) is 1. The van der Waals surface area contributed by atoms with Gasteiger partial charge >= 0.3 is 11.9 Å². The number of hydrogen-bond acceptors (Lipinski definition) is 3. The Kier molecular flexibility index (Phi) is 3.28. The zero-order valence-corrected chi connectivity index (χ0v) is 8.15. The highest BCUT2D eigenvalue weighted by Crippen LogP contribution is 2.21. The van der Waals surface area contributed by atoms with Gasteiger partial charge in [-0.1, -0.05) is 6.07 Å². The molecule has 0 aliphatic carbocycles. The number of hydrogen-bond donors (Lipinski definition) is 3. The van der Waals surface area contributed by atoms with Crippen molar-refractivity contribution in [3.05, 3.63) is 29.3 Å². The number of rotatable bonds is 4. The van der Waals surface area contributed by atoms with Crippen LogP contribution in [-0.4, -0.2) is 28.7 Å². The van der Waals surface area contributed by atoms with Gasteiger partial charge in [-0.2, -0.15) is 0 Å². The molecule has 1 aromatic rings. The minimum absolute atomic E-state index is 0.0308. The number of aromatic carboxylic acids is 2. The average Bonchev–Trinajstić information content (AvgIpc) is 2.17. The van der Waals surface area contributed by atoms with E-state index >= 15 is 0 Å². The minimum Gasteiger partial charge on any atom is -0.478 e. The standard InChI is InChI=1S/C10H11NO4/c1-2-11-8-6(9(12)13)4-3-5-7(8)10(14)15/h3-5,11H,2H2,1H3,(H,12,13)(H,14,15). The molecule has 0 atom stereocenters. The zero-order valence-electron chi connectivity index (χ0n) is 8.15. The molecule has 3 N–H and O–H groups in total. The molecule has 5 nitrogen and oxygen atoms in total. The third kappa shape index (κ3) is 2.25. The fourth-order valence-electron chi connectivity index (χ4n) is 1.28. The van der Waals surface area contributed by atoms with Gasteiger partial charge < -0.3 is 15.5 Å². The van der Waals surface area contributed by atoms with Gasteiger partial charge in [0.2, 0.25) is 0 Å². The van der Waals surface area contributed by atoms with E-state index in [0.29, 0.717) is 6.54 Å². The van der Waals surface area contributed by atoms with Gasteiger partial charge in [0.1, 0.15) is 0 Å². The third-order valence-corrected chi connectivity index (χ3v) is 1.88. The van der Waals surface area contributed by atoms with Gasteiger partial charge in [0.25, 0.3) is 0 Å². The maximum Gasteiger partial charge on any atom is 0.337 e. The fraction of sp³-hybridized carbons (Fsp3) is 0.200. The molecule has 1 rings (SSSR count). The van der Waals surface area contributed by atoms with Crippen LogP contribution in [0.5, 0.6) is 0 Å². The summed E-state index contributed by atoms with van der Waals surface area (Å²) >= 11 is 0. The third-order valence-electron chi connectivity index (χ3n) is 1.88. The van der Waals surface area contributed by atoms with Crippen LogP contribution in [0.4, 0.5) is 5.69 Å². The SMILES string of the molecule is CCNc1c(C(=O)O)cccc1C(=O)O. The van der Waals surface area contributed by atoms with E-state index in [1.807, 2.05) is 0 Å². The van der Waals surface area contributed by atoms with Crippen LogP contribution in [0, 0.1) is 0 Å². The monoisotopic (exact) mass is 209 g/mol. The molecule has 0 aliphatic rings. The first-order valence-electron chi connectivity index (χ1n) is 4.41. The predicted octanol–water partition coefficient (Wildman–Crippen LogP) is 1.51. The Balaban J connectivity index is 3.34. The summed E-state index contributed by atoms with van der Waals surface area (Å²) in [5.41, 5.74) is 0.0912. The topological polar surface area (TPSA) is 86.6 Å². The molecule has 0 heterocycles. The Labute approximate surface area is 86.4 Å². The van der Waals surface area contributed by atoms with Crippen LogP contribution in [0.15, 0.2) is 18.2 Å². The van der Waals surface area contributed by atoms with Crippen molar-refractivity contribution in [3.8, 4) is 0 Å². The number of carboxylic acid groups (broad SMARTS) is 2. The normalized spacial score (nSPS) is 9.67. The van der Waals surface area contributed by atoms with Crippen molar-refractivity contribution >= 4 is 17.6 Å². The summed E-state index contributed by atoms with van der Waals surface area (Å²) < 4.78 is 0. The van der Waals surface area contributed by atoms with Crippen LogP contribution in [0.1, 0.15) is 27.6 Å². The lowest BCUT2D eigenvalue weighted by Crippen LogP contribution is -2.11. The van der Waals surface area contributed by atoms with Crippen molar-refractivity contribution in [1.29, 1.82) is 0 Å². The fourth-order valence-corrected chi connectivity index (χ4v) is 1.28. The van der Waals surface area contributed by atoms with Gasteiger partial charge in [0.05, 0.1) is 16.8 Å². The first-order chi connectivity index (χ1) is 7.07. The lowest BCUT2D eigenvalue weighted by Gasteiger charge is -2.10. The molecule has 0 fully saturated rings. The Bertz CT molecular complexity index is 368. The van der Waals surface area contributed by atoms with Crippen LogP contribution in [0.2, 0.25) is 0 Å². The molecule has 0 saturated carbocycles. The largest absolute Gasteiger partial charge is 0.478 e. The second-order valence-electron chi connectivity index (χ2n) is 2.87. The molecule has 0 bridgehead atoms. The second-order valence-corrected chi connectivity index (χ2v) is 2.87. The molecular formula is C10H11NO4. The molecule has 0 aromatic heterocycles. The molecule has 0 aliphatic heterocycles. The van der Waals surface area contributed by atoms with Gasteiger partial charge in [-0.3, -0.25) is 0 Å². The van der Waals surface area contributed by atoms with Gasteiger partial charge in [-0.15, -0.1) is 0 Å². The maximum atomic E-state index is 10.8. The number of anilines is 1. The zero-order chi connectivity index (χ0) is 11.4. The highest BCUT2D eigenvalue weighted by molar-refractivity contribution is 6.03. The summed E-state index contributed by atoms with van der Waals surface area (Å²) in [6.45, 7) is 2.23. The quantitative estimate of drug-likeness (QED) is 0.699. The Morgan fingerprint density at radius 3 is 2.00 bits per heavy atom. The molecular weight excluding hydrogens is 198 g/mol. The number of carbonyl (C=O) groups is 2. The van der Waals surface area contributed by atoms with Gasteiger partial charge in [-0.05, 0) is 19.1 Å². The van der Waals surface area contributed by atoms with E-state index in [0.717, 1.165) is 0 Å². The van der Waals surface area contributed by atoms with Crippen molar-refractivity contribution in [1.82, 2.24) is 0 Å². The average molecular weight is 209 g/mol. The molecule has 0 radical (unpaired) electrons. The Morgan fingerprint density at radius 1 is 1.20 bits per heavy atom. The maximum absolute atomic E-state index is 10.8. The first kappa shape index (κ1) is 11.0. The second kappa shape index (κ2) is 4.45. The molecule has 0 amide bonds. The molecule has 1 aromatic carbocycles. The van der Waals surface area contributed by atoms with E-state index in [1.54, 1.807) is 6.92 Å². The van der Waals surface area contributed by atoms with Crippen LogP contribution < -0.4 is 5.32 Å². The molecule has 0 saturated heterocycles. The van der Waals surface area contributed by atoms with Crippen LogP contribution in [0.25, 0.3) is 0 Å². The number of carboxylic acids is 2. The smallest absolute Gasteiger partial charge is 0.337 e. The lowest BCUT2D eigenvalue weighted by atomic mass is 10.1. The van der Waals surface area contributed by atoms with Crippen molar-refractivity contribution < 1.29 is 19.8 Å². The molecule has 0 spiro atoms. The molecule has 0 unspecified atom stereocenters. The van der Waals surface area contributed by atoms with Crippen molar-refractivity contribution in [2.45, 2.75) is 6.92 Å². The van der Waals surface area contributed by atoms with Crippen molar-refractivity contribution in [2.75, 3.05) is 11.9 Å². The van der Waals surface area contributed by atoms with Crippen LogP contribution in [0.3, 0.4) is 0 Å². The van der Waals surface area contributed by atoms with E-state index < -0.39 is 11.9 Å². The Morgan fingerprint density at radius 2 is 1.67 bits per heavy atom. The van der Waals surface area contributed by atoms with E-state index in [1.165, 1.54) is 18.2 Å². The summed E-state index contributed by atoms with van der Waals surface area (Å²) in [5, 5.41) is 20.5. The first-order valence-corrected chi connectivity index (χ1v) is 4.41. The molecule has 80 valence electrons. The number of para-hydroxylation sites is 1. The summed E-state index contributed by atoms with van der Waals surface area (Å²) in [4.78, 5) is 21.7. The Hall–Kier alpha value is -2.04. The lowest BCUT2D eigenvalue weighted by molar-refractivity contribution is 0.0696. The van der Waals surface area contributed by atoms with E-state index in [2.05, 4.69) is 5.32 Å². The van der Waals surface area contributed by atoms with Crippen LogP contribution in [-0.2, 0) is 0 Å². The summed E-state index contributed by atoms with van der Waals surface area (Å²) in [6.07, 6.45) is 0. The van der Waals surface area contributed by atoms with Crippen molar-refractivity contribution in [3.63, 3.8) is 0 Å². The highest BCUT2D eigenvalue weighted by atomic mass is 16.4. The van der Waals surface area contributed by atoms with Gasteiger partial charge in [0.15, 0.2) is 0 Å². The van der Waals surface area contributed by atoms with E-state index in [4.69, 9.17) is 10.2 Å². The molecule has 15 heavy (non-hydrogen) atoms. The summed E-state index contributed by atoms with van der Waals surface area (Å²) in [6, 6.07) is 4.15. The van der Waals surface area contributed by atoms with E-state index in [-0.39, 0.29) is 16.8 Å². The summed E-state index contributed by atoms with van der Waals surface area (Å²) in [5.74, 6) is -2.29. The highest BCUT2D eigenvalue weighted by Gasteiger charge is 2.16. The van der Waals surface area contributed by atoms with E-state index in [9.17, 15) is 9.59 Å². The minimum atomic E-state index is -1.14. The summed E-state index contributed by atoms with van der Waals surface area (Å²) in [7, 11) is 0. The van der Waals surface area contributed by atoms with Gasteiger partial charge in [0, 0.05) is 6.54 Å². The van der Waals surface area contributed by atoms with Crippen LogP contribution >= 0.6 is 0 Å². The number of benzene rings is 1. The van der Waals surface area contributed by atoms with Crippen molar-refractivity contribution in [2.24, 2.45) is 0 Å². The van der Waals surface area contributed by atoms with Gasteiger partial charge in [-0.25, -0.2) is 9.59 Å². The predicted molar refractivity (Wildman–Crippen MR) is 54.5 cm³/mol.